The van der Waals surface area contributed by atoms with Crippen molar-refractivity contribution >= 4 is 21.9 Å². The molecule has 2 fully saturated rings. The van der Waals surface area contributed by atoms with Gasteiger partial charge in [0, 0.05) is 64.3 Å². The summed E-state index contributed by atoms with van der Waals surface area (Å²) in [5, 5.41) is 10.4. The molecule has 2 heterocycles. The second kappa shape index (κ2) is 14.6. The van der Waals surface area contributed by atoms with E-state index in [1.807, 2.05) is 31.7 Å². The summed E-state index contributed by atoms with van der Waals surface area (Å²) in [4.78, 5) is 26.3. The zero-order valence-corrected chi connectivity index (χ0v) is 24.9. The number of hydrogen-bond acceptors (Lipinski definition) is 6. The van der Waals surface area contributed by atoms with Crippen molar-refractivity contribution < 1.29 is 36.3 Å². The van der Waals surface area contributed by atoms with Gasteiger partial charge in [0.1, 0.15) is 0 Å². The molecule has 0 spiro atoms. The fourth-order valence-corrected chi connectivity index (χ4v) is 6.86. The van der Waals surface area contributed by atoms with Crippen LogP contribution in [-0.4, -0.2) is 104 Å². The van der Waals surface area contributed by atoms with Crippen molar-refractivity contribution in [1.29, 1.82) is 0 Å². The third kappa shape index (κ3) is 9.42. The number of hydrogen-bond donors (Lipinski definition) is 2. The first-order chi connectivity index (χ1) is 18.6. The number of aryl methyl sites for hydroxylation is 3. The van der Waals surface area contributed by atoms with E-state index in [1.54, 1.807) is 10.4 Å². The number of likely N-dealkylation sites (tertiary alicyclic amines) is 1. The fourth-order valence-electron chi connectivity index (χ4n) is 5.14. The molecule has 3 rings (SSSR count). The molecule has 2 atom stereocenters. The Bertz CT molecular complexity index is 1110. The van der Waals surface area contributed by atoms with E-state index in [2.05, 4.69) is 24.1 Å². The van der Waals surface area contributed by atoms with Crippen molar-refractivity contribution in [3.8, 4) is 0 Å². The molecule has 0 saturated carbocycles. The van der Waals surface area contributed by atoms with Gasteiger partial charge in [-0.1, -0.05) is 12.5 Å². The molecule has 13 heteroatoms. The molecule has 1 aromatic carbocycles. The summed E-state index contributed by atoms with van der Waals surface area (Å²) in [6.45, 7) is 14.5. The molecule has 0 bridgehead atoms. The number of piperazine rings is 1. The van der Waals surface area contributed by atoms with Gasteiger partial charge in [-0.2, -0.15) is 17.5 Å². The molecule has 2 unspecified atom stereocenters. The molecule has 1 aromatic rings. The lowest BCUT2D eigenvalue weighted by molar-refractivity contribution is -0.192. The number of alkyl halides is 3. The zero-order chi connectivity index (χ0) is 30.3. The van der Waals surface area contributed by atoms with Crippen LogP contribution in [0.1, 0.15) is 56.2 Å². The van der Waals surface area contributed by atoms with Gasteiger partial charge in [0.15, 0.2) is 0 Å². The van der Waals surface area contributed by atoms with Gasteiger partial charge in [-0.15, -0.1) is 0 Å². The smallest absolute Gasteiger partial charge is 0.475 e. The van der Waals surface area contributed by atoms with Crippen molar-refractivity contribution in [1.82, 2.24) is 19.4 Å². The highest BCUT2D eigenvalue weighted by molar-refractivity contribution is 7.89. The number of benzene rings is 1. The number of sulfonamides is 1. The van der Waals surface area contributed by atoms with Gasteiger partial charge in [-0.05, 0) is 70.2 Å². The van der Waals surface area contributed by atoms with Gasteiger partial charge in [0.2, 0.25) is 15.9 Å². The highest BCUT2D eigenvalue weighted by Crippen LogP contribution is 2.26. The number of nitrogens with one attached hydrogen (secondary N) is 1. The van der Waals surface area contributed by atoms with E-state index in [0.29, 0.717) is 43.2 Å². The fraction of sp³-hybridized carbons (Fsp3) is 0.704. The van der Waals surface area contributed by atoms with Crippen LogP contribution in [0.25, 0.3) is 0 Å². The molecular formula is C27H43F3N4O5S. The van der Waals surface area contributed by atoms with Crippen LogP contribution in [0.3, 0.4) is 0 Å². The van der Waals surface area contributed by atoms with Gasteiger partial charge >= 0.3 is 12.1 Å². The molecule has 0 aromatic heterocycles. The number of carboxylic acid groups (broad SMARTS) is 1. The topological polar surface area (TPSA) is 110 Å². The Balaban J connectivity index is 0.000000708. The Hall–Kier alpha value is -2.22. The predicted molar refractivity (Wildman–Crippen MR) is 147 cm³/mol. The van der Waals surface area contributed by atoms with Crippen molar-refractivity contribution in [2.75, 3.05) is 45.8 Å². The lowest BCUT2D eigenvalue weighted by Crippen LogP contribution is -2.49. The maximum absolute atomic E-state index is 13.8. The van der Waals surface area contributed by atoms with Crippen LogP contribution in [0.5, 0.6) is 0 Å². The summed E-state index contributed by atoms with van der Waals surface area (Å²) in [6.07, 6.45) is -1.35. The van der Waals surface area contributed by atoms with Crippen LogP contribution in [-0.2, 0) is 19.6 Å². The molecule has 2 aliphatic rings. The zero-order valence-electron chi connectivity index (χ0n) is 24.1. The molecule has 228 valence electrons. The minimum absolute atomic E-state index is 0.0354. The average molecular weight is 593 g/mol. The Morgan fingerprint density at radius 3 is 2.05 bits per heavy atom. The maximum atomic E-state index is 13.8. The molecule has 2 N–H and O–H groups in total. The van der Waals surface area contributed by atoms with E-state index < -0.39 is 22.2 Å². The van der Waals surface area contributed by atoms with Crippen LogP contribution >= 0.6 is 0 Å². The first-order valence-electron chi connectivity index (χ1n) is 13.7. The van der Waals surface area contributed by atoms with Crippen LogP contribution in [0, 0.1) is 20.8 Å². The summed E-state index contributed by atoms with van der Waals surface area (Å²) in [5.74, 6) is -2.72. The number of carbonyl (C=O) groups is 2. The quantitative estimate of drug-likeness (QED) is 0.477. The van der Waals surface area contributed by atoms with Crippen LogP contribution in [0.4, 0.5) is 13.2 Å². The summed E-state index contributed by atoms with van der Waals surface area (Å²) in [7, 11) is -3.71. The summed E-state index contributed by atoms with van der Waals surface area (Å²) in [5.41, 5.74) is 2.81. The number of carboxylic acids is 1. The summed E-state index contributed by atoms with van der Waals surface area (Å²) < 4.78 is 60.9. The lowest BCUT2D eigenvalue weighted by Gasteiger charge is -2.40. The molecule has 2 saturated heterocycles. The lowest BCUT2D eigenvalue weighted by atomic mass is 9.98. The summed E-state index contributed by atoms with van der Waals surface area (Å²) >= 11 is 0. The maximum Gasteiger partial charge on any atom is 0.490 e. The average Bonchev–Trinajstić information content (AvgIpc) is 2.87. The third-order valence-electron chi connectivity index (χ3n) is 7.68. The highest BCUT2D eigenvalue weighted by atomic mass is 32.2. The van der Waals surface area contributed by atoms with Crippen LogP contribution in [0.2, 0.25) is 0 Å². The number of amides is 1. The first kappa shape index (κ1) is 34.0. The number of carbonyl (C=O) groups excluding carboxylic acids is 1. The van der Waals surface area contributed by atoms with Gasteiger partial charge in [-0.25, -0.2) is 13.2 Å². The van der Waals surface area contributed by atoms with Crippen molar-refractivity contribution in [3.05, 3.63) is 28.8 Å². The van der Waals surface area contributed by atoms with E-state index in [1.165, 1.54) is 6.42 Å². The number of rotatable bonds is 8. The molecule has 2 aliphatic heterocycles. The Morgan fingerprint density at radius 1 is 1.00 bits per heavy atom. The number of piperidine rings is 1. The van der Waals surface area contributed by atoms with E-state index in [4.69, 9.17) is 9.90 Å². The number of halogens is 3. The molecule has 0 aliphatic carbocycles. The molecule has 9 nitrogen and oxygen atoms in total. The van der Waals surface area contributed by atoms with Crippen molar-refractivity contribution in [2.45, 2.75) is 83.5 Å². The van der Waals surface area contributed by atoms with E-state index in [0.717, 1.165) is 42.6 Å². The first-order valence-corrected chi connectivity index (χ1v) is 15.1. The second-order valence-corrected chi connectivity index (χ2v) is 12.6. The van der Waals surface area contributed by atoms with Gasteiger partial charge in [-0.3, -0.25) is 9.69 Å². The largest absolute Gasteiger partial charge is 0.490 e. The highest BCUT2D eigenvalue weighted by Gasteiger charge is 2.38. The molecule has 40 heavy (non-hydrogen) atoms. The number of aliphatic carboxylic acids is 1. The Kier molecular flexibility index (Phi) is 12.4. The van der Waals surface area contributed by atoms with Gasteiger partial charge in [0.05, 0.1) is 4.90 Å². The summed E-state index contributed by atoms with van der Waals surface area (Å²) in [6, 6.07) is 4.63. The van der Waals surface area contributed by atoms with E-state index in [-0.39, 0.29) is 18.9 Å². The third-order valence-corrected chi connectivity index (χ3v) is 9.72. The Morgan fingerprint density at radius 2 is 1.52 bits per heavy atom. The van der Waals surface area contributed by atoms with Gasteiger partial charge in [0.25, 0.3) is 0 Å². The molecular weight excluding hydrogens is 549 g/mol. The number of nitrogens with zero attached hydrogens (tertiary/aromatic N) is 3. The minimum atomic E-state index is -5.08. The van der Waals surface area contributed by atoms with E-state index in [9.17, 15) is 26.4 Å². The monoisotopic (exact) mass is 592 g/mol. The van der Waals surface area contributed by atoms with E-state index >= 15 is 0 Å². The van der Waals surface area contributed by atoms with Gasteiger partial charge < -0.3 is 15.3 Å². The van der Waals surface area contributed by atoms with Crippen molar-refractivity contribution in [3.63, 3.8) is 0 Å². The second-order valence-electron chi connectivity index (χ2n) is 10.7. The normalized spacial score (nSPS) is 20.7. The minimum Gasteiger partial charge on any atom is -0.475 e. The molecule has 1 amide bonds. The Labute approximate surface area is 235 Å². The van der Waals surface area contributed by atoms with Crippen molar-refractivity contribution in [2.24, 2.45) is 0 Å². The molecule has 0 radical (unpaired) electrons. The SMILES string of the molecule is Cc1cc(C)c(S(=O)(=O)N(CCC(=O)N2CCNCC2)CCN2C(C)CCCC2C)cc1C.O=C(O)C(F)(F)F. The van der Waals surface area contributed by atoms with Crippen LogP contribution in [0.15, 0.2) is 17.0 Å². The van der Waals surface area contributed by atoms with Crippen LogP contribution < -0.4 is 5.32 Å². The standard InChI is InChI=1S/C25H42N4O3S.C2HF3O2/c1-19-17-21(3)24(18-20(19)2)33(31,32)28(12-9-25(30)27-13-10-26-11-14-27)15-16-29-22(4)7-6-8-23(29)5;3-2(4,5)1(6)7/h17-18,22-23,26H,6-16H2,1-5H3;(H,6,7). The predicted octanol–water partition coefficient (Wildman–Crippen LogP) is 3.32.